The number of carbonyl (C=O) groups excluding carboxylic acids is 1. The molecule has 5 nitrogen and oxygen atoms in total. The summed E-state index contributed by atoms with van der Waals surface area (Å²) in [5.41, 5.74) is 1.74. The molecule has 1 amide bonds. The van der Waals surface area contributed by atoms with Gasteiger partial charge in [-0.3, -0.25) is 9.48 Å². The Kier molecular flexibility index (Phi) is 5.79. The molecule has 1 aromatic rings. The van der Waals surface area contributed by atoms with Crippen LogP contribution in [0.2, 0.25) is 0 Å². The maximum Gasteiger partial charge on any atom is 0.272 e. The zero-order valence-electron chi connectivity index (χ0n) is 13.6. The Morgan fingerprint density at radius 1 is 1.43 bits per heavy atom. The fourth-order valence-corrected chi connectivity index (χ4v) is 2.89. The number of hydrogen-bond donors (Lipinski definition) is 1. The maximum absolute atomic E-state index is 12.8. The monoisotopic (exact) mass is 292 g/mol. The van der Waals surface area contributed by atoms with Crippen molar-refractivity contribution in [2.24, 2.45) is 0 Å². The Hall–Kier alpha value is -1.36. The first-order valence-corrected chi connectivity index (χ1v) is 8.28. The number of nitrogens with one attached hydrogen (secondary N) is 1. The van der Waals surface area contributed by atoms with Crippen LogP contribution in [-0.4, -0.2) is 46.3 Å². The number of piperidine rings is 1. The lowest BCUT2D eigenvalue weighted by Crippen LogP contribution is -2.48. The number of likely N-dealkylation sites (tertiary alicyclic amines) is 1. The summed E-state index contributed by atoms with van der Waals surface area (Å²) < 4.78 is 1.84. The average molecular weight is 292 g/mol. The summed E-state index contributed by atoms with van der Waals surface area (Å²) in [5.74, 6) is 0.132. The van der Waals surface area contributed by atoms with E-state index in [4.69, 9.17) is 0 Å². The minimum Gasteiger partial charge on any atom is -0.336 e. The zero-order valence-corrected chi connectivity index (χ0v) is 13.6. The van der Waals surface area contributed by atoms with Crippen LogP contribution in [0, 0.1) is 0 Å². The molecule has 1 N–H and O–H groups in total. The van der Waals surface area contributed by atoms with Crippen LogP contribution in [0.1, 0.15) is 56.2 Å². The van der Waals surface area contributed by atoms with Crippen LogP contribution in [0.15, 0.2) is 6.07 Å². The van der Waals surface area contributed by atoms with Gasteiger partial charge in [0.15, 0.2) is 0 Å². The van der Waals surface area contributed by atoms with Gasteiger partial charge in [0.05, 0.1) is 5.69 Å². The van der Waals surface area contributed by atoms with Gasteiger partial charge in [-0.2, -0.15) is 5.10 Å². The Morgan fingerprint density at radius 2 is 2.24 bits per heavy atom. The minimum atomic E-state index is 0.132. The van der Waals surface area contributed by atoms with Gasteiger partial charge >= 0.3 is 0 Å². The predicted octanol–water partition coefficient (Wildman–Crippen LogP) is 2.07. The lowest BCUT2D eigenvalue weighted by molar-refractivity contribution is 0.0682. The van der Waals surface area contributed by atoms with Crippen molar-refractivity contribution in [3.63, 3.8) is 0 Å². The van der Waals surface area contributed by atoms with Crippen LogP contribution < -0.4 is 5.32 Å². The number of amides is 1. The topological polar surface area (TPSA) is 50.2 Å². The van der Waals surface area contributed by atoms with Crippen LogP contribution in [0.5, 0.6) is 0 Å². The van der Waals surface area contributed by atoms with Crippen molar-refractivity contribution in [2.75, 3.05) is 19.6 Å². The van der Waals surface area contributed by atoms with Gasteiger partial charge in [0, 0.05) is 25.7 Å². The molecule has 1 saturated heterocycles. The molecule has 1 atom stereocenters. The van der Waals surface area contributed by atoms with E-state index in [2.05, 4.69) is 24.3 Å². The molecule has 1 aliphatic heterocycles. The molecule has 0 aliphatic carbocycles. The molecule has 1 aromatic heterocycles. The molecule has 0 bridgehead atoms. The number of aryl methyl sites for hydroxylation is 2. The largest absolute Gasteiger partial charge is 0.336 e. The van der Waals surface area contributed by atoms with Crippen molar-refractivity contribution < 1.29 is 4.79 Å². The quantitative estimate of drug-likeness (QED) is 0.873. The summed E-state index contributed by atoms with van der Waals surface area (Å²) in [6, 6.07) is 2.39. The smallest absolute Gasteiger partial charge is 0.272 e. The lowest BCUT2D eigenvalue weighted by atomic mass is 10.1. The first-order chi connectivity index (χ1) is 10.2. The normalized spacial score (nSPS) is 19.0. The van der Waals surface area contributed by atoms with Crippen molar-refractivity contribution in [3.8, 4) is 0 Å². The van der Waals surface area contributed by atoms with Crippen LogP contribution >= 0.6 is 0 Å². The number of nitrogens with zero attached hydrogens (tertiary/aromatic N) is 3. The Morgan fingerprint density at radius 3 is 2.90 bits per heavy atom. The van der Waals surface area contributed by atoms with Gasteiger partial charge in [-0.15, -0.1) is 0 Å². The van der Waals surface area contributed by atoms with Crippen LogP contribution in [0.4, 0.5) is 0 Å². The van der Waals surface area contributed by atoms with E-state index in [0.29, 0.717) is 6.04 Å². The van der Waals surface area contributed by atoms with Gasteiger partial charge < -0.3 is 10.2 Å². The van der Waals surface area contributed by atoms with Crippen molar-refractivity contribution >= 4 is 5.91 Å². The van der Waals surface area contributed by atoms with E-state index in [0.717, 1.165) is 63.3 Å². The Balaban J connectivity index is 2.06. The molecule has 1 aliphatic rings. The van der Waals surface area contributed by atoms with Crippen molar-refractivity contribution in [2.45, 2.75) is 59.0 Å². The number of hydrogen-bond acceptors (Lipinski definition) is 3. The molecule has 1 fully saturated rings. The standard InChI is InChI=1S/C16H28N4O/c1-4-9-17-14-8-7-10-19(12-14)16(21)15-11-13(5-2)18-20(15)6-3/h11,14,17H,4-10,12H2,1-3H3. The van der Waals surface area contributed by atoms with Crippen LogP contribution in [-0.2, 0) is 13.0 Å². The zero-order chi connectivity index (χ0) is 15.2. The molecule has 1 unspecified atom stereocenters. The summed E-state index contributed by atoms with van der Waals surface area (Å²) in [7, 11) is 0. The van der Waals surface area contributed by atoms with Crippen molar-refractivity contribution in [3.05, 3.63) is 17.5 Å². The molecule has 0 saturated carbocycles. The number of aromatic nitrogens is 2. The van der Waals surface area contributed by atoms with E-state index in [1.807, 2.05) is 22.6 Å². The van der Waals surface area contributed by atoms with Gasteiger partial charge in [0.2, 0.25) is 0 Å². The van der Waals surface area contributed by atoms with Crippen molar-refractivity contribution in [1.82, 2.24) is 20.0 Å². The van der Waals surface area contributed by atoms with E-state index in [-0.39, 0.29) is 5.91 Å². The molecule has 21 heavy (non-hydrogen) atoms. The predicted molar refractivity (Wildman–Crippen MR) is 84.5 cm³/mol. The van der Waals surface area contributed by atoms with E-state index in [1.54, 1.807) is 0 Å². The fraction of sp³-hybridized carbons (Fsp3) is 0.750. The molecule has 0 spiro atoms. The summed E-state index contributed by atoms with van der Waals surface area (Å²) in [6.07, 6.45) is 4.24. The molecular formula is C16H28N4O. The summed E-state index contributed by atoms with van der Waals surface area (Å²) >= 11 is 0. The fourth-order valence-electron chi connectivity index (χ4n) is 2.89. The lowest BCUT2D eigenvalue weighted by Gasteiger charge is -2.33. The second-order valence-electron chi connectivity index (χ2n) is 5.73. The van der Waals surface area contributed by atoms with E-state index in [9.17, 15) is 4.79 Å². The average Bonchev–Trinajstić information content (AvgIpc) is 2.96. The Labute approximate surface area is 127 Å². The molecule has 2 rings (SSSR count). The van der Waals surface area contributed by atoms with Crippen molar-refractivity contribution in [1.29, 1.82) is 0 Å². The third-order valence-corrected chi connectivity index (χ3v) is 4.10. The van der Waals surface area contributed by atoms with E-state index < -0.39 is 0 Å². The molecule has 0 aromatic carbocycles. The SMILES string of the molecule is CCCNC1CCCN(C(=O)c2cc(CC)nn2CC)C1. The van der Waals surface area contributed by atoms with Gasteiger partial charge in [-0.1, -0.05) is 13.8 Å². The first-order valence-electron chi connectivity index (χ1n) is 8.28. The van der Waals surface area contributed by atoms with E-state index in [1.165, 1.54) is 0 Å². The maximum atomic E-state index is 12.8. The van der Waals surface area contributed by atoms with Crippen LogP contribution in [0.25, 0.3) is 0 Å². The molecule has 118 valence electrons. The highest BCUT2D eigenvalue weighted by Gasteiger charge is 2.26. The Bertz CT molecular complexity index is 469. The first kappa shape index (κ1) is 16.0. The molecule has 0 radical (unpaired) electrons. The summed E-state index contributed by atoms with van der Waals surface area (Å²) in [5, 5.41) is 8.02. The highest BCUT2D eigenvalue weighted by Crippen LogP contribution is 2.15. The molecule has 2 heterocycles. The second kappa shape index (κ2) is 7.59. The number of rotatable bonds is 6. The molecular weight excluding hydrogens is 264 g/mol. The van der Waals surface area contributed by atoms with Gasteiger partial charge in [0.1, 0.15) is 5.69 Å². The third-order valence-electron chi connectivity index (χ3n) is 4.10. The highest BCUT2D eigenvalue weighted by atomic mass is 16.2. The summed E-state index contributed by atoms with van der Waals surface area (Å²) in [6.45, 7) is 9.72. The highest BCUT2D eigenvalue weighted by molar-refractivity contribution is 5.92. The number of carbonyl (C=O) groups is 1. The van der Waals surface area contributed by atoms with E-state index >= 15 is 0 Å². The third kappa shape index (κ3) is 3.84. The second-order valence-corrected chi connectivity index (χ2v) is 5.73. The minimum absolute atomic E-state index is 0.132. The van der Waals surface area contributed by atoms with Gasteiger partial charge in [-0.25, -0.2) is 0 Å². The van der Waals surface area contributed by atoms with Crippen LogP contribution in [0.3, 0.4) is 0 Å². The summed E-state index contributed by atoms with van der Waals surface area (Å²) in [4.78, 5) is 14.8. The molecule has 5 heteroatoms. The van der Waals surface area contributed by atoms with Gasteiger partial charge in [-0.05, 0) is 45.2 Å². The van der Waals surface area contributed by atoms with Gasteiger partial charge in [0.25, 0.3) is 5.91 Å².